The molecule has 10 fully saturated rings. The van der Waals surface area contributed by atoms with Crippen molar-refractivity contribution in [3.05, 3.63) is 176 Å². The van der Waals surface area contributed by atoms with E-state index in [0.29, 0.717) is 122 Å². The number of hydrogen-bond acceptors (Lipinski definition) is 20. The number of amides is 10. The molecule has 2 aliphatic carbocycles. The van der Waals surface area contributed by atoms with Gasteiger partial charge in [-0.25, -0.2) is 0 Å². The van der Waals surface area contributed by atoms with Gasteiger partial charge in [-0.3, -0.25) is 78.2 Å². The van der Waals surface area contributed by atoms with Crippen molar-refractivity contribution in [2.45, 2.75) is 145 Å². The lowest BCUT2D eigenvalue weighted by Crippen LogP contribution is -2.68. The zero-order valence-electron chi connectivity index (χ0n) is 65.1. The van der Waals surface area contributed by atoms with Gasteiger partial charge in [0.25, 0.3) is 35.4 Å². The average Bonchev–Trinajstić information content (AvgIpc) is 1.33. The van der Waals surface area contributed by atoms with E-state index in [9.17, 15) is 58.5 Å². The van der Waals surface area contributed by atoms with Gasteiger partial charge in [0.05, 0.1) is 49.5 Å². The number of nitriles is 2. The third-order valence-corrected chi connectivity index (χ3v) is 28.3. The Kier molecular flexibility index (Phi) is 20.8. The number of piperazine rings is 2. The molecular weight excluding hydrogens is 1530 g/mol. The molecule has 2 saturated carbocycles. The zero-order valence-corrected chi connectivity index (χ0v) is 66.6. The molecule has 18 rings (SSSR count). The lowest BCUT2D eigenvalue weighted by Gasteiger charge is -2.54. The van der Waals surface area contributed by atoms with Crippen LogP contribution in [0, 0.1) is 39.4 Å². The molecule has 6 atom stereocenters. The summed E-state index contributed by atoms with van der Waals surface area (Å²) in [6.45, 7) is 10.1. The highest BCUT2D eigenvalue weighted by molar-refractivity contribution is 6.32. The Morgan fingerprint density at radius 1 is 0.453 bits per heavy atom. The van der Waals surface area contributed by atoms with E-state index in [4.69, 9.17) is 32.7 Å². The Morgan fingerprint density at radius 2 is 0.915 bits per heavy atom. The summed E-state index contributed by atoms with van der Waals surface area (Å²) >= 11 is 12.9. The third-order valence-electron chi connectivity index (χ3n) is 27.7. The van der Waals surface area contributed by atoms with Gasteiger partial charge < -0.3 is 38.9 Å². The van der Waals surface area contributed by atoms with Gasteiger partial charge in [0.1, 0.15) is 47.9 Å². The molecule has 10 heterocycles. The number of anilines is 4. The molecule has 12 aliphatic rings. The number of nitrogens with one attached hydrogen (secondary N) is 2. The number of piperidine rings is 6. The first-order valence-corrected chi connectivity index (χ1v) is 42.2. The van der Waals surface area contributed by atoms with Crippen molar-refractivity contribution < 1.29 is 57.4 Å². The second-order valence-corrected chi connectivity index (χ2v) is 34.9. The molecule has 0 aromatic heterocycles. The highest BCUT2D eigenvalue weighted by atomic mass is 35.5. The van der Waals surface area contributed by atoms with Gasteiger partial charge in [-0.15, -0.1) is 0 Å². The van der Waals surface area contributed by atoms with Crippen molar-refractivity contribution in [3.8, 4) is 23.6 Å². The van der Waals surface area contributed by atoms with Gasteiger partial charge >= 0.3 is 0 Å². The van der Waals surface area contributed by atoms with E-state index in [1.165, 1.54) is 0 Å². The molecule has 6 aromatic carbocycles. The summed E-state index contributed by atoms with van der Waals surface area (Å²) in [4.78, 5) is 156. The molecule has 2 N–H and O–H groups in total. The highest BCUT2D eigenvalue weighted by Crippen LogP contribution is 2.52. The molecule has 6 aromatic rings. The minimum atomic E-state index is -1.07. The molecule has 26 nitrogen and oxygen atoms in total. The number of benzene rings is 6. The minimum Gasteiger partial charge on any atom is -0.490 e. The van der Waals surface area contributed by atoms with Crippen LogP contribution in [0.15, 0.2) is 121 Å². The van der Waals surface area contributed by atoms with E-state index in [0.717, 1.165) is 129 Å². The minimum absolute atomic E-state index is 0.0185. The first kappa shape index (κ1) is 77.3. The number of nitrogens with zero attached hydrogens (tertiary/aromatic N) is 12. The number of hydrogen-bond donors (Lipinski definition) is 2. The van der Waals surface area contributed by atoms with E-state index < -0.39 is 59.3 Å². The number of carbonyl (C=O) groups is 10. The standard InChI is InChI=1S/C89H92Cl2N14O12/c90-70-45-64(15-7-57(70)47-92)116-76-27-37-101(52-88(76)29-1-30-88)82(110)55-3-9-59(10-4-55)98-39-40-100(49-54-23-33-96(34-24-54)62-13-17-66-68(43-62)86(114)104(84(66)112)72-19-21-78(106)94-80(72)108)74(50-98)75-51-99(60-25-35-97(36-26-60)63-14-18-67-69(44-63)87(115)105(85(67)113)73-20-22-79(107)95-81(73)109)41-42-103(75)61-11-5-56(6-12-61)83(111)102-38-28-77(89(53-102)31-2-32-89)117-65-16-8-58(48-93)71(91)46-65/h3-18,43-46,54,60,72-77H,1-2,19-42,49-53H2,(H,94,106,108)(H,95,107,109). The summed E-state index contributed by atoms with van der Waals surface area (Å²) < 4.78 is 13.3. The Labute approximate surface area is 688 Å². The predicted octanol–water partition coefficient (Wildman–Crippen LogP) is 9.73. The van der Waals surface area contributed by atoms with Crippen LogP contribution in [0.25, 0.3) is 0 Å². The van der Waals surface area contributed by atoms with Gasteiger partial charge in [0.15, 0.2) is 0 Å². The maximum Gasteiger partial charge on any atom is 0.262 e. The highest BCUT2D eigenvalue weighted by Gasteiger charge is 2.54. The topological polar surface area (TPSA) is 293 Å². The molecular formula is C89H92Cl2N14O12. The van der Waals surface area contributed by atoms with Crippen molar-refractivity contribution in [3.63, 3.8) is 0 Å². The first-order chi connectivity index (χ1) is 56.7. The summed E-state index contributed by atoms with van der Waals surface area (Å²) in [5, 5.41) is 24.3. The second-order valence-electron chi connectivity index (χ2n) is 34.0. The number of fused-ring (bicyclic) bond motifs is 2. The second kappa shape index (κ2) is 31.5. The summed E-state index contributed by atoms with van der Waals surface area (Å²) in [5.74, 6) is -2.88. The molecule has 10 amide bonds. The Hall–Kier alpha value is -10.9. The predicted molar refractivity (Wildman–Crippen MR) is 434 cm³/mol. The maximum atomic E-state index is 14.9. The third kappa shape index (κ3) is 14.5. The molecule has 6 unspecified atom stereocenters. The van der Waals surface area contributed by atoms with Crippen LogP contribution in [0.2, 0.25) is 10.0 Å². The molecule has 28 heteroatoms. The lowest BCUT2D eigenvalue weighted by molar-refractivity contribution is -0.137. The molecule has 117 heavy (non-hydrogen) atoms. The van der Waals surface area contributed by atoms with Crippen LogP contribution in [0.1, 0.15) is 176 Å². The fourth-order valence-corrected chi connectivity index (χ4v) is 21.3. The van der Waals surface area contributed by atoms with Crippen LogP contribution in [-0.4, -0.2) is 229 Å². The molecule has 8 saturated heterocycles. The monoisotopic (exact) mass is 1620 g/mol. The van der Waals surface area contributed by atoms with Crippen molar-refractivity contribution in [1.29, 1.82) is 10.5 Å². The van der Waals surface area contributed by atoms with E-state index in [1.54, 1.807) is 60.7 Å². The van der Waals surface area contributed by atoms with Crippen molar-refractivity contribution in [1.82, 2.24) is 40.0 Å². The number of carbonyl (C=O) groups excluding carboxylic acids is 10. The van der Waals surface area contributed by atoms with E-state index in [-0.39, 0.29) is 107 Å². The number of rotatable bonds is 16. The smallest absolute Gasteiger partial charge is 0.262 e. The molecule has 0 bridgehead atoms. The molecule has 604 valence electrons. The maximum absolute atomic E-state index is 14.9. The van der Waals surface area contributed by atoms with Crippen molar-refractivity contribution >= 4 is 105 Å². The quantitative estimate of drug-likeness (QED) is 0.0852. The van der Waals surface area contributed by atoms with Gasteiger partial charge in [-0.05, 0) is 179 Å². The molecule has 2 spiro atoms. The molecule has 0 radical (unpaired) electrons. The summed E-state index contributed by atoms with van der Waals surface area (Å²) in [6.07, 6.45) is 10.5. The van der Waals surface area contributed by atoms with Crippen LogP contribution in [-0.2, 0) is 19.2 Å². The summed E-state index contributed by atoms with van der Waals surface area (Å²) in [5.41, 5.74) is 6.21. The van der Waals surface area contributed by atoms with Gasteiger partial charge in [0.2, 0.25) is 23.6 Å². The number of ether oxygens (including phenoxy) is 2. The zero-order chi connectivity index (χ0) is 80.7. The van der Waals surface area contributed by atoms with Gasteiger partial charge in [0, 0.05) is 193 Å². The van der Waals surface area contributed by atoms with Crippen LogP contribution in [0.4, 0.5) is 22.7 Å². The SMILES string of the molecule is N#Cc1ccc(OC2CCN(C(=O)c3ccc(N4CCN(CC5CCN(c6ccc7c(c6)C(=O)N(C6CCC(=O)NC6=O)C7=O)CC5)C(C5CN(C6CCN(c7ccc8c(c7)C(=O)N(C7CCC(=O)NC7=O)C8=O)CC6)CCN5c5ccc(C(=O)N6CCC(Oc7ccc(C#N)c(Cl)c7)C7(CCC7)C6)cc5)C4)cc3)CC23CCC3)cc1Cl. The average molecular weight is 1620 g/mol. The fourth-order valence-electron chi connectivity index (χ4n) is 20.8. The Bertz CT molecular complexity index is 5140. The summed E-state index contributed by atoms with van der Waals surface area (Å²) in [7, 11) is 0. The van der Waals surface area contributed by atoms with Crippen LogP contribution >= 0.6 is 23.2 Å². The Balaban J connectivity index is 0.615. The number of likely N-dealkylation sites (tertiary alicyclic amines) is 2. The Morgan fingerprint density at radius 3 is 1.37 bits per heavy atom. The van der Waals surface area contributed by atoms with E-state index in [2.05, 4.69) is 76.4 Å². The van der Waals surface area contributed by atoms with E-state index in [1.807, 2.05) is 46.2 Å². The number of imide groups is 4. The van der Waals surface area contributed by atoms with Crippen LogP contribution in [0.3, 0.4) is 0 Å². The lowest BCUT2D eigenvalue weighted by atomic mass is 9.62. The first-order valence-electron chi connectivity index (χ1n) is 41.4. The number of halogens is 2. The van der Waals surface area contributed by atoms with Gasteiger partial charge in [-0.2, -0.15) is 10.5 Å². The van der Waals surface area contributed by atoms with Crippen LogP contribution < -0.4 is 39.7 Å². The van der Waals surface area contributed by atoms with Gasteiger partial charge in [-0.1, -0.05) is 36.0 Å². The summed E-state index contributed by atoms with van der Waals surface area (Å²) in [6, 6.07) is 39.6. The fraction of sp³-hybridized carbons (Fsp3) is 0.461. The van der Waals surface area contributed by atoms with E-state index >= 15 is 0 Å². The normalized spacial score (nSPS) is 25.1. The van der Waals surface area contributed by atoms with Crippen LogP contribution in [0.5, 0.6) is 11.5 Å². The van der Waals surface area contributed by atoms with Crippen molar-refractivity contribution in [2.75, 3.05) is 118 Å². The molecule has 10 aliphatic heterocycles. The van der Waals surface area contributed by atoms with Crippen molar-refractivity contribution in [2.24, 2.45) is 16.7 Å². The largest absolute Gasteiger partial charge is 0.490 e.